The Morgan fingerprint density at radius 1 is 1.07 bits per heavy atom. The molecule has 0 unspecified atom stereocenters. The number of hydrogen-bond donors (Lipinski definition) is 1. The molecule has 2 aromatic carbocycles. The summed E-state index contributed by atoms with van der Waals surface area (Å²) in [4.78, 5) is 34.6. The number of ether oxygens (including phenoxy) is 3. The normalized spacial score (nSPS) is 10.2. The fraction of sp³-hybridized carbons (Fsp3) is 0.263. The zero-order valence-corrected chi connectivity index (χ0v) is 16.9. The highest BCUT2D eigenvalue weighted by molar-refractivity contribution is 7.99. The zero-order chi connectivity index (χ0) is 21.4. The highest BCUT2D eigenvalue weighted by atomic mass is 32.2. The number of benzene rings is 2. The molecule has 0 heterocycles. The number of esters is 1. The van der Waals surface area contributed by atoms with Crippen molar-refractivity contribution in [1.82, 2.24) is 0 Å². The average Bonchev–Trinajstić information content (AvgIpc) is 2.73. The molecule has 0 bridgehead atoms. The fourth-order valence-corrected chi connectivity index (χ4v) is 3.21. The smallest absolute Gasteiger partial charge is 0.340 e. The molecule has 0 fully saturated rings. The van der Waals surface area contributed by atoms with Gasteiger partial charge in [-0.15, -0.1) is 11.8 Å². The van der Waals surface area contributed by atoms with E-state index in [1.54, 1.807) is 12.1 Å². The third-order valence-electron chi connectivity index (χ3n) is 3.85. The topological polar surface area (TPSA) is 117 Å². The van der Waals surface area contributed by atoms with E-state index in [2.05, 4.69) is 5.32 Å². The van der Waals surface area contributed by atoms with Crippen LogP contribution >= 0.6 is 11.8 Å². The van der Waals surface area contributed by atoms with Crippen LogP contribution in [0.3, 0.4) is 0 Å². The molecule has 2 rings (SSSR count). The van der Waals surface area contributed by atoms with Crippen LogP contribution in [0.5, 0.6) is 11.5 Å². The Morgan fingerprint density at radius 2 is 1.69 bits per heavy atom. The van der Waals surface area contributed by atoms with Crippen LogP contribution in [0.25, 0.3) is 0 Å². The first kappa shape index (κ1) is 22.0. The van der Waals surface area contributed by atoms with Crippen LogP contribution in [0, 0.1) is 10.1 Å². The molecule has 0 aliphatic carbocycles. The van der Waals surface area contributed by atoms with Gasteiger partial charge in [-0.2, -0.15) is 0 Å². The van der Waals surface area contributed by atoms with E-state index in [0.29, 0.717) is 17.3 Å². The number of carbonyl (C=O) groups excluding carboxylic acids is 2. The molecule has 0 spiro atoms. The maximum atomic E-state index is 12.3. The second-order valence-corrected chi connectivity index (χ2v) is 6.69. The number of methoxy groups -OCH3 is 3. The molecule has 0 aromatic heterocycles. The Labute approximate surface area is 171 Å². The largest absolute Gasteiger partial charge is 0.493 e. The van der Waals surface area contributed by atoms with E-state index < -0.39 is 10.9 Å². The van der Waals surface area contributed by atoms with Crippen molar-refractivity contribution in [1.29, 1.82) is 0 Å². The molecule has 154 valence electrons. The fourth-order valence-electron chi connectivity index (χ4n) is 2.42. The zero-order valence-electron chi connectivity index (χ0n) is 16.1. The minimum atomic E-state index is -0.625. The monoisotopic (exact) mass is 420 g/mol. The molecule has 1 amide bonds. The Bertz CT molecular complexity index is 900. The van der Waals surface area contributed by atoms with Gasteiger partial charge in [-0.3, -0.25) is 14.9 Å². The summed E-state index contributed by atoms with van der Waals surface area (Å²) >= 11 is 1.33. The van der Waals surface area contributed by atoms with Crippen molar-refractivity contribution < 1.29 is 28.7 Å². The summed E-state index contributed by atoms with van der Waals surface area (Å²) in [6.07, 6.45) is 0. The number of rotatable bonds is 9. The number of nitrogens with zero attached hydrogens (tertiary/aromatic N) is 1. The molecule has 9 nitrogen and oxygen atoms in total. The summed E-state index contributed by atoms with van der Waals surface area (Å²) in [7, 11) is 4.12. The third kappa shape index (κ3) is 5.85. The lowest BCUT2D eigenvalue weighted by molar-refractivity contribution is -0.384. The third-order valence-corrected chi connectivity index (χ3v) is 4.86. The first-order valence-corrected chi connectivity index (χ1v) is 9.50. The molecule has 0 saturated heterocycles. The molecule has 29 heavy (non-hydrogen) atoms. The Kier molecular flexibility index (Phi) is 7.84. The number of nitrogens with one attached hydrogen (secondary N) is 1. The molecule has 1 N–H and O–H groups in total. The lowest BCUT2D eigenvalue weighted by atomic mass is 10.1. The second-order valence-electron chi connectivity index (χ2n) is 5.71. The van der Waals surface area contributed by atoms with E-state index >= 15 is 0 Å². The van der Waals surface area contributed by atoms with Gasteiger partial charge in [0.1, 0.15) is 0 Å². The summed E-state index contributed by atoms with van der Waals surface area (Å²) in [5.74, 6) is 0.356. The van der Waals surface area contributed by atoms with Gasteiger partial charge in [0, 0.05) is 30.0 Å². The maximum Gasteiger partial charge on any atom is 0.340 e. The SMILES string of the molecule is COC(=O)c1cc(OC)c(OC)cc1NC(=O)CSCc1ccc([N+](=O)[O-])cc1. The van der Waals surface area contributed by atoms with Crippen LogP contribution in [0.15, 0.2) is 36.4 Å². The van der Waals surface area contributed by atoms with Gasteiger partial charge in [0.2, 0.25) is 5.91 Å². The minimum Gasteiger partial charge on any atom is -0.493 e. The summed E-state index contributed by atoms with van der Waals surface area (Å²) in [6, 6.07) is 9.05. The van der Waals surface area contributed by atoms with Crippen molar-refractivity contribution in [2.45, 2.75) is 5.75 Å². The van der Waals surface area contributed by atoms with Crippen LogP contribution < -0.4 is 14.8 Å². The van der Waals surface area contributed by atoms with E-state index in [-0.39, 0.29) is 28.6 Å². The predicted octanol–water partition coefficient (Wildman–Crippen LogP) is 3.27. The quantitative estimate of drug-likeness (QED) is 0.373. The average molecular weight is 420 g/mol. The van der Waals surface area contributed by atoms with Gasteiger partial charge < -0.3 is 19.5 Å². The number of carbonyl (C=O) groups is 2. The van der Waals surface area contributed by atoms with Crippen LogP contribution in [0.1, 0.15) is 15.9 Å². The number of non-ortho nitro benzene ring substituents is 1. The summed E-state index contributed by atoms with van der Waals surface area (Å²) in [5.41, 5.74) is 1.25. The van der Waals surface area contributed by atoms with Crippen LogP contribution in [-0.2, 0) is 15.3 Å². The van der Waals surface area contributed by atoms with Crippen molar-refractivity contribution in [3.63, 3.8) is 0 Å². The molecule has 0 aliphatic heterocycles. The Morgan fingerprint density at radius 3 is 2.24 bits per heavy atom. The number of anilines is 1. The van der Waals surface area contributed by atoms with Crippen molar-refractivity contribution in [3.8, 4) is 11.5 Å². The van der Waals surface area contributed by atoms with Crippen LogP contribution in [0.2, 0.25) is 0 Å². The molecule has 10 heteroatoms. The Balaban J connectivity index is 2.03. The Hall–Kier alpha value is -3.27. The van der Waals surface area contributed by atoms with E-state index in [4.69, 9.17) is 14.2 Å². The summed E-state index contributed by atoms with van der Waals surface area (Å²) in [5, 5.41) is 13.3. The highest BCUT2D eigenvalue weighted by Crippen LogP contribution is 2.34. The van der Waals surface area contributed by atoms with Gasteiger partial charge in [-0.25, -0.2) is 4.79 Å². The minimum absolute atomic E-state index is 0.0142. The molecular weight excluding hydrogens is 400 g/mol. The van der Waals surface area contributed by atoms with Gasteiger partial charge in [-0.1, -0.05) is 12.1 Å². The number of nitro groups is 1. The first-order chi connectivity index (χ1) is 13.9. The van der Waals surface area contributed by atoms with Crippen molar-refractivity contribution in [2.75, 3.05) is 32.4 Å². The molecule has 2 aromatic rings. The number of nitro benzene ring substituents is 1. The number of hydrogen-bond acceptors (Lipinski definition) is 8. The van der Waals surface area contributed by atoms with Gasteiger partial charge in [0.15, 0.2) is 11.5 Å². The molecule has 0 atom stereocenters. The van der Waals surface area contributed by atoms with Crippen LogP contribution in [0.4, 0.5) is 11.4 Å². The molecule has 0 saturated carbocycles. The van der Waals surface area contributed by atoms with E-state index in [1.807, 2.05) is 0 Å². The lowest BCUT2D eigenvalue weighted by Gasteiger charge is -2.14. The molecule has 0 aliphatic rings. The second kappa shape index (κ2) is 10.3. The van der Waals surface area contributed by atoms with E-state index in [1.165, 1.54) is 57.4 Å². The molecular formula is C19H20N2O7S. The van der Waals surface area contributed by atoms with Gasteiger partial charge >= 0.3 is 5.97 Å². The lowest BCUT2D eigenvalue weighted by Crippen LogP contribution is -2.17. The van der Waals surface area contributed by atoms with Gasteiger partial charge in [0.25, 0.3) is 5.69 Å². The number of amides is 1. The summed E-state index contributed by atoms with van der Waals surface area (Å²) in [6.45, 7) is 0. The van der Waals surface area contributed by atoms with Crippen molar-refractivity contribution in [3.05, 3.63) is 57.6 Å². The van der Waals surface area contributed by atoms with Gasteiger partial charge in [0.05, 0.1) is 43.3 Å². The van der Waals surface area contributed by atoms with Crippen molar-refractivity contribution >= 4 is 35.0 Å². The van der Waals surface area contributed by atoms with Gasteiger partial charge in [-0.05, 0) is 5.56 Å². The first-order valence-electron chi connectivity index (χ1n) is 8.34. The predicted molar refractivity (Wildman–Crippen MR) is 109 cm³/mol. The maximum absolute atomic E-state index is 12.3. The van der Waals surface area contributed by atoms with E-state index in [0.717, 1.165) is 5.56 Å². The van der Waals surface area contributed by atoms with Crippen LogP contribution in [-0.4, -0.2) is 43.9 Å². The van der Waals surface area contributed by atoms with E-state index in [9.17, 15) is 19.7 Å². The standard InChI is InChI=1S/C19H20N2O7S/c1-26-16-8-14(19(23)28-3)15(9-17(16)27-2)20-18(22)11-29-10-12-4-6-13(7-5-12)21(24)25/h4-9H,10-11H2,1-3H3,(H,20,22). The molecule has 0 radical (unpaired) electrons. The summed E-state index contributed by atoms with van der Waals surface area (Å²) < 4.78 is 15.1. The number of thioether (sulfide) groups is 1. The highest BCUT2D eigenvalue weighted by Gasteiger charge is 2.19. The van der Waals surface area contributed by atoms with Crippen molar-refractivity contribution in [2.24, 2.45) is 0 Å².